The molecular weight excluding hydrogens is 198 g/mol. The van der Waals surface area contributed by atoms with Crippen LogP contribution in [-0.2, 0) is 4.79 Å². The van der Waals surface area contributed by atoms with Crippen molar-refractivity contribution in [2.75, 3.05) is 6.54 Å². The van der Waals surface area contributed by atoms with Gasteiger partial charge >= 0.3 is 0 Å². The summed E-state index contributed by atoms with van der Waals surface area (Å²) in [6.07, 6.45) is 11.3. The van der Waals surface area contributed by atoms with Crippen LogP contribution in [0.5, 0.6) is 0 Å². The molecule has 0 aromatic rings. The highest BCUT2D eigenvalue weighted by molar-refractivity contribution is 5.63. The summed E-state index contributed by atoms with van der Waals surface area (Å²) in [6, 6.07) is 0. The zero-order valence-electron chi connectivity index (χ0n) is 9.62. The summed E-state index contributed by atoms with van der Waals surface area (Å²) < 4.78 is 0. The normalized spacial score (nSPS) is 23.8. The van der Waals surface area contributed by atoms with Crippen LogP contribution in [0.1, 0.15) is 26.2 Å². The zero-order chi connectivity index (χ0) is 11.4. The summed E-state index contributed by atoms with van der Waals surface area (Å²) >= 11 is 0. The summed E-state index contributed by atoms with van der Waals surface area (Å²) in [7, 11) is 0. The molecule has 0 saturated heterocycles. The van der Waals surface area contributed by atoms with Gasteiger partial charge in [-0.2, -0.15) is 0 Å². The Morgan fingerprint density at radius 1 is 1.44 bits per heavy atom. The number of carbonyl (C=O) groups excluding carboxylic acids is 1. The first kappa shape index (κ1) is 11.0. The number of allylic oxidation sites excluding steroid dienone is 5. The lowest BCUT2D eigenvalue weighted by atomic mass is 9.99. The van der Waals surface area contributed by atoms with Gasteiger partial charge in [0, 0.05) is 12.1 Å². The fourth-order valence-electron chi connectivity index (χ4n) is 1.86. The Balaban J connectivity index is 2.23. The molecular formula is C14H17NO. The van der Waals surface area contributed by atoms with E-state index in [1.165, 1.54) is 5.57 Å². The third kappa shape index (κ3) is 2.74. The quantitative estimate of drug-likeness (QED) is 0.717. The SMILES string of the molecule is CC1=C/C=C(\C(=C=O)C2CC2)CCNC=C1. The van der Waals surface area contributed by atoms with E-state index >= 15 is 0 Å². The van der Waals surface area contributed by atoms with Crippen molar-refractivity contribution in [2.45, 2.75) is 26.2 Å². The molecule has 0 spiro atoms. The average Bonchev–Trinajstić information content (AvgIpc) is 3.08. The molecule has 2 heteroatoms. The summed E-state index contributed by atoms with van der Waals surface area (Å²) in [6.45, 7) is 2.93. The predicted molar refractivity (Wildman–Crippen MR) is 65.5 cm³/mol. The van der Waals surface area contributed by atoms with E-state index in [4.69, 9.17) is 0 Å². The van der Waals surface area contributed by atoms with Crippen LogP contribution in [0.3, 0.4) is 0 Å². The van der Waals surface area contributed by atoms with Crippen LogP contribution in [0, 0.1) is 5.92 Å². The highest BCUT2D eigenvalue weighted by Gasteiger charge is 2.28. The Morgan fingerprint density at radius 3 is 2.94 bits per heavy atom. The second kappa shape index (κ2) is 5.00. The Labute approximate surface area is 96.4 Å². The molecule has 84 valence electrons. The van der Waals surface area contributed by atoms with Crippen molar-refractivity contribution in [1.29, 1.82) is 0 Å². The van der Waals surface area contributed by atoms with Crippen LogP contribution in [0.2, 0.25) is 0 Å². The molecule has 0 bridgehead atoms. The minimum absolute atomic E-state index is 0.478. The lowest BCUT2D eigenvalue weighted by Crippen LogP contribution is -2.08. The molecule has 0 atom stereocenters. The van der Waals surface area contributed by atoms with Crippen LogP contribution in [0.25, 0.3) is 0 Å². The minimum Gasteiger partial charge on any atom is -0.391 e. The fourth-order valence-corrected chi connectivity index (χ4v) is 1.86. The second-order valence-corrected chi connectivity index (χ2v) is 4.43. The highest BCUT2D eigenvalue weighted by atomic mass is 16.1. The van der Waals surface area contributed by atoms with E-state index in [1.807, 2.05) is 12.3 Å². The molecule has 0 aromatic heterocycles. The van der Waals surface area contributed by atoms with Gasteiger partial charge in [0.2, 0.25) is 0 Å². The van der Waals surface area contributed by atoms with Gasteiger partial charge in [0.05, 0.1) is 0 Å². The molecule has 1 aliphatic heterocycles. The molecule has 0 amide bonds. The Hall–Kier alpha value is -1.53. The van der Waals surface area contributed by atoms with Gasteiger partial charge < -0.3 is 5.32 Å². The van der Waals surface area contributed by atoms with Crippen molar-refractivity contribution in [3.63, 3.8) is 0 Å². The first-order valence-corrected chi connectivity index (χ1v) is 5.84. The van der Waals surface area contributed by atoms with E-state index in [2.05, 4.69) is 30.3 Å². The van der Waals surface area contributed by atoms with E-state index in [1.54, 1.807) is 0 Å². The van der Waals surface area contributed by atoms with Crippen LogP contribution in [-0.4, -0.2) is 12.5 Å². The van der Waals surface area contributed by atoms with Crippen LogP contribution >= 0.6 is 0 Å². The number of nitrogens with one attached hydrogen (secondary N) is 1. The van der Waals surface area contributed by atoms with E-state index in [0.717, 1.165) is 37.0 Å². The monoisotopic (exact) mass is 215 g/mol. The molecule has 1 aliphatic carbocycles. The molecule has 2 nitrogen and oxygen atoms in total. The smallest absolute Gasteiger partial charge is 0.128 e. The average molecular weight is 215 g/mol. The Kier molecular flexibility index (Phi) is 3.43. The fraction of sp³-hybridized carbons (Fsp3) is 0.429. The third-order valence-corrected chi connectivity index (χ3v) is 2.99. The number of hydrogen-bond acceptors (Lipinski definition) is 2. The topological polar surface area (TPSA) is 29.1 Å². The molecule has 0 aromatic carbocycles. The summed E-state index contributed by atoms with van der Waals surface area (Å²) in [5.74, 6) is 2.62. The van der Waals surface area contributed by atoms with E-state index < -0.39 is 0 Å². The van der Waals surface area contributed by atoms with E-state index in [9.17, 15) is 4.79 Å². The molecule has 16 heavy (non-hydrogen) atoms. The number of rotatable bonds is 2. The lowest BCUT2D eigenvalue weighted by molar-refractivity contribution is 0.565. The van der Waals surface area contributed by atoms with Crippen molar-refractivity contribution in [3.8, 4) is 0 Å². The number of hydrogen-bond donors (Lipinski definition) is 1. The first-order chi connectivity index (χ1) is 7.81. The van der Waals surface area contributed by atoms with Crippen molar-refractivity contribution in [3.05, 3.63) is 41.1 Å². The van der Waals surface area contributed by atoms with Gasteiger partial charge in [-0.25, -0.2) is 4.79 Å². The maximum absolute atomic E-state index is 11.0. The Bertz CT molecular complexity index is 404. The van der Waals surface area contributed by atoms with Crippen LogP contribution in [0.4, 0.5) is 0 Å². The van der Waals surface area contributed by atoms with Gasteiger partial charge in [0.15, 0.2) is 0 Å². The lowest BCUT2D eigenvalue weighted by Gasteiger charge is -2.07. The summed E-state index contributed by atoms with van der Waals surface area (Å²) in [5.41, 5.74) is 3.23. The molecule has 2 rings (SSSR count). The molecule has 1 saturated carbocycles. The highest BCUT2D eigenvalue weighted by Crippen LogP contribution is 2.39. The largest absolute Gasteiger partial charge is 0.391 e. The van der Waals surface area contributed by atoms with Gasteiger partial charge in [0.1, 0.15) is 5.94 Å². The van der Waals surface area contributed by atoms with Crippen molar-refractivity contribution in [2.24, 2.45) is 5.92 Å². The standard InChI is InChI=1S/C14H17NO/c1-11-2-3-13(7-9-15-8-6-11)14(10-16)12-4-5-12/h2-3,6,8,12,15H,4-5,7,9H2,1H3/b8-6?,11-2?,13-3-. The molecule has 0 unspecified atom stereocenters. The second-order valence-electron chi connectivity index (χ2n) is 4.43. The van der Waals surface area contributed by atoms with Crippen LogP contribution in [0.15, 0.2) is 41.1 Å². The van der Waals surface area contributed by atoms with Gasteiger partial charge in [-0.15, -0.1) is 0 Å². The molecule has 2 aliphatic rings. The maximum Gasteiger partial charge on any atom is 0.128 e. The minimum atomic E-state index is 0.478. The van der Waals surface area contributed by atoms with Gasteiger partial charge in [0.25, 0.3) is 0 Å². The van der Waals surface area contributed by atoms with Gasteiger partial charge in [-0.1, -0.05) is 12.2 Å². The summed E-state index contributed by atoms with van der Waals surface area (Å²) in [4.78, 5) is 11.0. The zero-order valence-corrected chi connectivity index (χ0v) is 9.62. The third-order valence-electron chi connectivity index (χ3n) is 2.99. The van der Waals surface area contributed by atoms with E-state index in [0.29, 0.717) is 5.92 Å². The summed E-state index contributed by atoms with van der Waals surface area (Å²) in [5, 5.41) is 3.22. The van der Waals surface area contributed by atoms with Crippen molar-refractivity contribution >= 4 is 5.94 Å². The van der Waals surface area contributed by atoms with Crippen molar-refractivity contribution < 1.29 is 4.79 Å². The maximum atomic E-state index is 11.0. The van der Waals surface area contributed by atoms with Crippen molar-refractivity contribution in [1.82, 2.24) is 5.32 Å². The first-order valence-electron chi connectivity index (χ1n) is 5.84. The molecule has 1 heterocycles. The molecule has 1 N–H and O–H groups in total. The Morgan fingerprint density at radius 2 is 2.25 bits per heavy atom. The van der Waals surface area contributed by atoms with Gasteiger partial charge in [-0.3, -0.25) is 0 Å². The van der Waals surface area contributed by atoms with Crippen LogP contribution < -0.4 is 5.32 Å². The van der Waals surface area contributed by atoms with Gasteiger partial charge in [-0.05, 0) is 55.5 Å². The predicted octanol–water partition coefficient (Wildman–Crippen LogP) is 2.53. The molecule has 0 radical (unpaired) electrons. The van der Waals surface area contributed by atoms with E-state index in [-0.39, 0.29) is 0 Å². The molecule has 1 fully saturated rings.